The molecule has 0 aliphatic carbocycles. The van der Waals surface area contributed by atoms with Gasteiger partial charge in [0.25, 0.3) is 11.8 Å². The van der Waals surface area contributed by atoms with Crippen LogP contribution in [0, 0.1) is 0 Å². The van der Waals surface area contributed by atoms with E-state index < -0.39 is 23.8 Å². The maximum absolute atomic E-state index is 13.0. The summed E-state index contributed by atoms with van der Waals surface area (Å²) in [7, 11) is 0. The predicted molar refractivity (Wildman–Crippen MR) is 135 cm³/mol. The quantitative estimate of drug-likeness (QED) is 0.443. The molecule has 6 nitrogen and oxygen atoms in total. The van der Waals surface area contributed by atoms with Gasteiger partial charge in [-0.25, -0.2) is 4.79 Å². The summed E-state index contributed by atoms with van der Waals surface area (Å²) in [6, 6.07) is 12.8. The van der Waals surface area contributed by atoms with E-state index in [-0.39, 0.29) is 17.5 Å². The third kappa shape index (κ3) is 8.26. The Morgan fingerprint density at radius 2 is 1.67 bits per heavy atom. The van der Waals surface area contributed by atoms with E-state index in [2.05, 4.69) is 31.4 Å². The molecule has 2 aromatic rings. The Labute approximate surface area is 203 Å². The van der Waals surface area contributed by atoms with Crippen molar-refractivity contribution in [1.29, 1.82) is 0 Å². The number of carboxylic acids is 1. The zero-order valence-electron chi connectivity index (χ0n) is 19.1. The highest BCUT2D eigenvalue weighted by Crippen LogP contribution is 2.22. The van der Waals surface area contributed by atoms with Crippen molar-refractivity contribution in [3.63, 3.8) is 0 Å². The highest BCUT2D eigenvalue weighted by atomic mass is 35.5. The molecule has 0 bridgehead atoms. The molecule has 0 aliphatic heterocycles. The first-order valence-electron chi connectivity index (χ1n) is 10.4. The van der Waals surface area contributed by atoms with Crippen molar-refractivity contribution in [3.8, 4) is 0 Å². The fourth-order valence-corrected chi connectivity index (χ4v) is 3.53. The molecule has 0 spiro atoms. The molecule has 2 amide bonds. The van der Waals surface area contributed by atoms with Gasteiger partial charge in [0.15, 0.2) is 0 Å². The second-order valence-electron chi connectivity index (χ2n) is 8.54. The van der Waals surface area contributed by atoms with Gasteiger partial charge in [-0.1, -0.05) is 56.6 Å². The highest BCUT2D eigenvalue weighted by Gasteiger charge is 2.23. The molecule has 0 unspecified atom stereocenters. The van der Waals surface area contributed by atoms with Crippen molar-refractivity contribution in [2.24, 2.45) is 0 Å². The van der Waals surface area contributed by atoms with E-state index in [0.29, 0.717) is 21.9 Å². The third-order valence-corrected chi connectivity index (χ3v) is 5.80. The zero-order valence-corrected chi connectivity index (χ0v) is 20.7. The molecule has 2 rings (SSSR count). The number of benzene rings is 2. The molecular weight excluding hydrogens is 460 g/mol. The monoisotopic (exact) mass is 488 g/mol. The van der Waals surface area contributed by atoms with Crippen molar-refractivity contribution < 1.29 is 19.5 Å². The molecule has 0 aromatic heterocycles. The van der Waals surface area contributed by atoms with Crippen molar-refractivity contribution in [2.75, 3.05) is 12.0 Å². The first-order chi connectivity index (χ1) is 15.5. The number of rotatable bonds is 9. The summed E-state index contributed by atoms with van der Waals surface area (Å²) in [5, 5.41) is 15.1. The minimum atomic E-state index is -1.13. The van der Waals surface area contributed by atoms with Crippen LogP contribution in [-0.2, 0) is 15.0 Å². The van der Waals surface area contributed by atoms with Gasteiger partial charge in [0.05, 0.1) is 0 Å². The van der Waals surface area contributed by atoms with Gasteiger partial charge < -0.3 is 15.7 Å². The molecular formula is C25H29ClN2O4S. The second-order valence-corrected chi connectivity index (χ2v) is 9.96. The standard InChI is InChI=1S/C25H29ClN2O4S/c1-25(2,3)18-9-7-17(8-10-18)22(29)28-21(15-16-5-11-19(26)12-6-16)23(30)27-20(24(31)32)13-14-33-4/h5-12,15,20H,13-14H2,1-4H3,(H,27,30)(H,28,29)(H,31,32)/b21-15-/t20-/m0/s1. The van der Waals surface area contributed by atoms with Crippen molar-refractivity contribution in [1.82, 2.24) is 10.6 Å². The van der Waals surface area contributed by atoms with Gasteiger partial charge in [0.1, 0.15) is 11.7 Å². The number of carbonyl (C=O) groups is 3. The summed E-state index contributed by atoms with van der Waals surface area (Å²) in [5.41, 5.74) is 1.97. The molecule has 0 heterocycles. The van der Waals surface area contributed by atoms with Gasteiger partial charge in [-0.15, -0.1) is 0 Å². The van der Waals surface area contributed by atoms with Gasteiger partial charge in [-0.2, -0.15) is 11.8 Å². The molecule has 176 valence electrons. The largest absolute Gasteiger partial charge is 0.480 e. The van der Waals surface area contributed by atoms with Crippen molar-refractivity contribution in [2.45, 2.75) is 38.6 Å². The molecule has 0 saturated carbocycles. The van der Waals surface area contributed by atoms with Crippen LogP contribution in [0.4, 0.5) is 0 Å². The molecule has 1 atom stereocenters. The fraction of sp³-hybridized carbons (Fsp3) is 0.320. The minimum absolute atomic E-state index is 0.0578. The number of thioether (sulfide) groups is 1. The first-order valence-corrected chi connectivity index (χ1v) is 12.2. The van der Waals surface area contributed by atoms with Gasteiger partial charge in [-0.3, -0.25) is 9.59 Å². The first kappa shape index (κ1) is 26.5. The van der Waals surface area contributed by atoms with E-state index >= 15 is 0 Å². The van der Waals surface area contributed by atoms with Crippen LogP contribution in [0.3, 0.4) is 0 Å². The Bertz CT molecular complexity index is 1010. The lowest BCUT2D eigenvalue weighted by molar-refractivity contribution is -0.141. The summed E-state index contributed by atoms with van der Waals surface area (Å²) in [5.74, 6) is -1.72. The normalized spacial score (nSPS) is 12.7. The number of carbonyl (C=O) groups excluding carboxylic acids is 2. The number of nitrogens with one attached hydrogen (secondary N) is 2. The van der Waals surface area contributed by atoms with Crippen molar-refractivity contribution in [3.05, 3.63) is 75.9 Å². The number of hydrogen-bond acceptors (Lipinski definition) is 4. The molecule has 0 radical (unpaired) electrons. The lowest BCUT2D eigenvalue weighted by Gasteiger charge is -2.19. The van der Waals surface area contributed by atoms with E-state index in [4.69, 9.17) is 11.6 Å². The van der Waals surface area contributed by atoms with Crippen LogP contribution in [0.25, 0.3) is 6.08 Å². The van der Waals surface area contributed by atoms with E-state index in [1.807, 2.05) is 18.4 Å². The minimum Gasteiger partial charge on any atom is -0.480 e. The van der Waals surface area contributed by atoms with Gasteiger partial charge >= 0.3 is 5.97 Å². The van der Waals surface area contributed by atoms with Gasteiger partial charge in [-0.05, 0) is 65.3 Å². The number of carboxylic acid groups (broad SMARTS) is 1. The Morgan fingerprint density at radius 3 is 2.18 bits per heavy atom. The third-order valence-electron chi connectivity index (χ3n) is 4.90. The molecule has 0 aliphatic rings. The number of amides is 2. The summed E-state index contributed by atoms with van der Waals surface area (Å²) in [4.78, 5) is 37.4. The Balaban J connectivity index is 2.30. The van der Waals surface area contributed by atoms with Crippen LogP contribution < -0.4 is 10.6 Å². The molecule has 2 aromatic carbocycles. The average molecular weight is 489 g/mol. The Kier molecular flexibility index (Phi) is 9.56. The molecule has 0 fully saturated rings. The maximum Gasteiger partial charge on any atom is 0.326 e. The predicted octanol–water partition coefficient (Wildman–Crippen LogP) is 4.73. The molecule has 8 heteroatoms. The van der Waals surface area contributed by atoms with E-state index in [9.17, 15) is 19.5 Å². The number of hydrogen-bond donors (Lipinski definition) is 3. The van der Waals surface area contributed by atoms with E-state index in [1.54, 1.807) is 36.4 Å². The molecule has 0 saturated heterocycles. The summed E-state index contributed by atoms with van der Waals surface area (Å²) in [6.45, 7) is 6.24. The van der Waals surface area contributed by atoms with Crippen LogP contribution in [0.2, 0.25) is 5.02 Å². The molecule has 3 N–H and O–H groups in total. The summed E-state index contributed by atoms with van der Waals surface area (Å²) in [6.07, 6.45) is 3.61. The van der Waals surface area contributed by atoms with Gasteiger partial charge in [0, 0.05) is 10.6 Å². The van der Waals surface area contributed by atoms with Crippen LogP contribution in [-0.4, -0.2) is 40.9 Å². The number of halogens is 1. The Morgan fingerprint density at radius 1 is 1.06 bits per heavy atom. The summed E-state index contributed by atoms with van der Waals surface area (Å²) < 4.78 is 0. The van der Waals surface area contributed by atoms with E-state index in [0.717, 1.165) is 5.56 Å². The number of aliphatic carboxylic acids is 1. The van der Waals surface area contributed by atoms with E-state index in [1.165, 1.54) is 17.8 Å². The SMILES string of the molecule is CSCC[C@H](NC(=O)/C(=C/c1ccc(Cl)cc1)NC(=O)c1ccc(C(C)(C)C)cc1)C(=O)O. The van der Waals surface area contributed by atoms with Crippen LogP contribution in [0.1, 0.15) is 48.7 Å². The van der Waals surface area contributed by atoms with Crippen LogP contribution >= 0.6 is 23.4 Å². The smallest absolute Gasteiger partial charge is 0.326 e. The zero-order chi connectivity index (χ0) is 24.6. The fourth-order valence-electron chi connectivity index (χ4n) is 2.93. The Hall–Kier alpha value is -2.77. The maximum atomic E-state index is 13.0. The average Bonchev–Trinajstić information content (AvgIpc) is 2.76. The summed E-state index contributed by atoms with van der Waals surface area (Å²) >= 11 is 7.42. The van der Waals surface area contributed by atoms with Gasteiger partial charge in [0.2, 0.25) is 0 Å². The second kappa shape index (κ2) is 11.9. The van der Waals surface area contributed by atoms with Crippen molar-refractivity contribution >= 4 is 47.2 Å². The highest BCUT2D eigenvalue weighted by molar-refractivity contribution is 7.98. The molecule has 33 heavy (non-hydrogen) atoms. The van der Waals surface area contributed by atoms with Crippen LogP contribution in [0.15, 0.2) is 54.2 Å². The lowest BCUT2D eigenvalue weighted by Crippen LogP contribution is -2.44. The van der Waals surface area contributed by atoms with Crippen LogP contribution in [0.5, 0.6) is 0 Å². The lowest BCUT2D eigenvalue weighted by atomic mass is 9.87. The topological polar surface area (TPSA) is 95.5 Å².